The van der Waals surface area contributed by atoms with E-state index < -0.39 is 17.7 Å². The highest BCUT2D eigenvalue weighted by Crippen LogP contribution is 2.50. The van der Waals surface area contributed by atoms with Gasteiger partial charge in [0.1, 0.15) is 0 Å². The van der Waals surface area contributed by atoms with E-state index in [-0.39, 0.29) is 42.3 Å². The van der Waals surface area contributed by atoms with Crippen LogP contribution in [0.15, 0.2) is 6.07 Å². The minimum Gasteiger partial charge on any atom is -0.493 e. The molecule has 3 unspecified atom stereocenters. The first-order valence-corrected chi connectivity index (χ1v) is 10.4. The second-order valence-corrected chi connectivity index (χ2v) is 9.45. The van der Waals surface area contributed by atoms with E-state index >= 15 is 4.39 Å². The van der Waals surface area contributed by atoms with Crippen molar-refractivity contribution in [1.29, 1.82) is 0 Å². The number of alkyl halides is 2. The Balaban J connectivity index is 1.53. The van der Waals surface area contributed by atoms with Gasteiger partial charge < -0.3 is 14.2 Å². The second-order valence-electron chi connectivity index (χ2n) is 9.45. The number of nitrogens with zero attached hydrogens (tertiary/aromatic N) is 1. The molecule has 3 aliphatic rings. The predicted octanol–water partition coefficient (Wildman–Crippen LogP) is 4.75. The van der Waals surface area contributed by atoms with Crippen molar-refractivity contribution in [1.82, 2.24) is 4.90 Å². The Morgan fingerprint density at radius 1 is 1.24 bits per heavy atom. The van der Waals surface area contributed by atoms with Crippen LogP contribution in [0.1, 0.15) is 57.2 Å². The number of ether oxygens (including phenoxy) is 3. The Kier molecular flexibility index (Phi) is 5.26. The third-order valence-electron chi connectivity index (χ3n) is 6.10. The quantitative estimate of drug-likeness (QED) is 0.697. The van der Waals surface area contributed by atoms with Crippen LogP contribution in [0.25, 0.3) is 0 Å². The minimum atomic E-state index is -2.69. The molecule has 2 fully saturated rings. The van der Waals surface area contributed by atoms with Crippen molar-refractivity contribution in [3.05, 3.63) is 23.0 Å². The molecule has 2 heterocycles. The molecule has 1 aliphatic carbocycles. The smallest absolute Gasteiger partial charge is 0.255 e. The van der Waals surface area contributed by atoms with Crippen LogP contribution in [0.3, 0.4) is 0 Å². The average Bonchev–Trinajstić information content (AvgIpc) is 3.25. The molecule has 0 aromatic heterocycles. The lowest BCUT2D eigenvalue weighted by Crippen LogP contribution is -2.47. The molecular formula is C22H30F3NO3. The Morgan fingerprint density at radius 2 is 1.97 bits per heavy atom. The Morgan fingerprint density at radius 3 is 2.59 bits per heavy atom. The van der Waals surface area contributed by atoms with Crippen molar-refractivity contribution < 1.29 is 27.4 Å². The molecule has 2 aliphatic heterocycles. The third-order valence-corrected chi connectivity index (χ3v) is 6.10. The van der Waals surface area contributed by atoms with Gasteiger partial charge in [0.25, 0.3) is 5.92 Å². The first-order valence-electron chi connectivity index (χ1n) is 10.4. The molecular weight excluding hydrogens is 383 g/mol. The summed E-state index contributed by atoms with van der Waals surface area (Å²) in [5.74, 6) is -3.74. The van der Waals surface area contributed by atoms with E-state index in [1.807, 2.05) is 6.07 Å². The normalized spacial score (nSPS) is 28.4. The number of halogens is 3. The van der Waals surface area contributed by atoms with Crippen molar-refractivity contribution in [2.24, 2.45) is 5.92 Å². The molecule has 29 heavy (non-hydrogen) atoms. The molecule has 4 rings (SSSR count). The van der Waals surface area contributed by atoms with E-state index in [4.69, 9.17) is 14.2 Å². The minimum absolute atomic E-state index is 0.0350. The van der Waals surface area contributed by atoms with Gasteiger partial charge in [0, 0.05) is 25.6 Å². The van der Waals surface area contributed by atoms with Gasteiger partial charge in [-0.25, -0.2) is 13.2 Å². The maximum Gasteiger partial charge on any atom is 0.255 e. The fraction of sp³-hybridized carbons (Fsp3) is 0.727. The van der Waals surface area contributed by atoms with Gasteiger partial charge in [-0.3, -0.25) is 4.90 Å². The molecule has 0 amide bonds. The number of benzene rings is 1. The first-order chi connectivity index (χ1) is 13.6. The zero-order valence-electron chi connectivity index (χ0n) is 17.6. The summed E-state index contributed by atoms with van der Waals surface area (Å²) >= 11 is 0. The number of hydrogen-bond acceptors (Lipinski definition) is 4. The lowest BCUT2D eigenvalue weighted by molar-refractivity contribution is -0.0972. The van der Waals surface area contributed by atoms with Crippen LogP contribution in [0.2, 0.25) is 0 Å². The number of piperidine rings is 1. The summed E-state index contributed by atoms with van der Waals surface area (Å²) in [7, 11) is 1.45. The summed E-state index contributed by atoms with van der Waals surface area (Å²) in [6, 6.07) is 1.95. The molecule has 162 valence electrons. The van der Waals surface area contributed by atoms with Crippen molar-refractivity contribution in [3.63, 3.8) is 0 Å². The van der Waals surface area contributed by atoms with Gasteiger partial charge in [0.05, 0.1) is 31.3 Å². The second kappa shape index (κ2) is 7.34. The number of rotatable bonds is 5. The van der Waals surface area contributed by atoms with E-state index in [1.54, 1.807) is 0 Å². The van der Waals surface area contributed by atoms with E-state index in [0.717, 1.165) is 31.5 Å². The summed E-state index contributed by atoms with van der Waals surface area (Å²) in [6.45, 7) is 7.55. The van der Waals surface area contributed by atoms with Crippen LogP contribution in [0.5, 0.6) is 11.5 Å². The molecule has 0 spiro atoms. The SMILES string of the molecule is COc1cc2c(c(F)c1OCC1CC1(F)F)CCN1CC(OC(C)(C)C)CCC21. The molecule has 1 saturated heterocycles. The van der Waals surface area contributed by atoms with Crippen molar-refractivity contribution in [2.45, 2.75) is 70.1 Å². The van der Waals surface area contributed by atoms with E-state index in [9.17, 15) is 8.78 Å². The Labute approximate surface area is 170 Å². The molecule has 3 atom stereocenters. The van der Waals surface area contributed by atoms with Gasteiger partial charge in [-0.15, -0.1) is 0 Å². The van der Waals surface area contributed by atoms with Gasteiger partial charge in [-0.05, 0) is 57.2 Å². The number of hydrogen-bond donors (Lipinski definition) is 0. The predicted molar refractivity (Wildman–Crippen MR) is 103 cm³/mol. The standard InChI is InChI=1S/C22H30F3NO3/c1-21(2,3)29-14-5-6-17-16-9-18(27-4)20(28-12-13-10-22(13,24)25)19(23)15(16)7-8-26(17)11-14/h9,13-14,17H,5-8,10-12H2,1-4H3. The Hall–Kier alpha value is -1.47. The topological polar surface area (TPSA) is 30.9 Å². The van der Waals surface area contributed by atoms with E-state index in [1.165, 1.54) is 7.11 Å². The molecule has 1 aromatic carbocycles. The summed E-state index contributed by atoms with van der Waals surface area (Å²) < 4.78 is 58.6. The Bertz CT molecular complexity index is 778. The zero-order chi connectivity index (χ0) is 21.0. The van der Waals surface area contributed by atoms with Crippen LogP contribution in [0, 0.1) is 11.7 Å². The fourth-order valence-electron chi connectivity index (χ4n) is 4.60. The molecule has 0 bridgehead atoms. The van der Waals surface area contributed by atoms with Crippen LogP contribution in [-0.4, -0.2) is 49.3 Å². The summed E-state index contributed by atoms with van der Waals surface area (Å²) in [4.78, 5) is 2.35. The maximum atomic E-state index is 15.3. The third kappa shape index (κ3) is 4.22. The highest BCUT2D eigenvalue weighted by molar-refractivity contribution is 5.51. The van der Waals surface area contributed by atoms with E-state index in [0.29, 0.717) is 12.0 Å². The highest BCUT2D eigenvalue weighted by Gasteiger charge is 2.57. The molecule has 4 nitrogen and oxygen atoms in total. The van der Waals surface area contributed by atoms with Crippen LogP contribution in [-0.2, 0) is 11.2 Å². The molecule has 0 N–H and O–H groups in total. The van der Waals surface area contributed by atoms with Crippen molar-refractivity contribution in [2.75, 3.05) is 26.8 Å². The van der Waals surface area contributed by atoms with Crippen LogP contribution < -0.4 is 9.47 Å². The summed E-state index contributed by atoms with van der Waals surface area (Å²) in [5.41, 5.74) is 1.36. The van der Waals surface area contributed by atoms with Crippen LogP contribution in [0.4, 0.5) is 13.2 Å². The average molecular weight is 413 g/mol. The monoisotopic (exact) mass is 413 g/mol. The molecule has 1 aromatic rings. The number of fused-ring (bicyclic) bond motifs is 3. The van der Waals surface area contributed by atoms with Gasteiger partial charge in [-0.1, -0.05) is 0 Å². The van der Waals surface area contributed by atoms with E-state index in [2.05, 4.69) is 25.7 Å². The molecule has 1 saturated carbocycles. The lowest BCUT2D eigenvalue weighted by Gasteiger charge is -2.45. The highest BCUT2D eigenvalue weighted by atomic mass is 19.3. The van der Waals surface area contributed by atoms with Gasteiger partial charge in [0.2, 0.25) is 0 Å². The first kappa shape index (κ1) is 20.8. The summed E-state index contributed by atoms with van der Waals surface area (Å²) in [5, 5.41) is 0. The lowest BCUT2D eigenvalue weighted by atomic mass is 9.85. The maximum absolute atomic E-state index is 15.3. The van der Waals surface area contributed by atoms with Gasteiger partial charge in [-0.2, -0.15) is 0 Å². The fourth-order valence-corrected chi connectivity index (χ4v) is 4.60. The van der Waals surface area contributed by atoms with Gasteiger partial charge in [0.15, 0.2) is 17.3 Å². The largest absolute Gasteiger partial charge is 0.493 e. The molecule has 0 radical (unpaired) electrons. The van der Waals surface area contributed by atoms with Gasteiger partial charge >= 0.3 is 0 Å². The summed E-state index contributed by atoms with van der Waals surface area (Å²) in [6.07, 6.45) is 2.32. The van der Waals surface area contributed by atoms with Crippen molar-refractivity contribution in [3.8, 4) is 11.5 Å². The number of methoxy groups -OCH3 is 1. The zero-order valence-corrected chi connectivity index (χ0v) is 17.6. The van der Waals surface area contributed by atoms with Crippen molar-refractivity contribution >= 4 is 0 Å². The van der Waals surface area contributed by atoms with Crippen LogP contribution >= 0.6 is 0 Å². The molecule has 7 heteroatoms.